The Morgan fingerprint density at radius 1 is 1.44 bits per heavy atom. The van der Waals surface area contributed by atoms with Gasteiger partial charge in [-0.3, -0.25) is 0 Å². The van der Waals surface area contributed by atoms with Crippen LogP contribution in [0.5, 0.6) is 0 Å². The van der Waals surface area contributed by atoms with Gasteiger partial charge in [0.15, 0.2) is 0 Å². The monoisotopic (exact) mass is 223 g/mol. The molecule has 0 amide bonds. The van der Waals surface area contributed by atoms with Crippen LogP contribution in [0.4, 0.5) is 11.6 Å². The van der Waals surface area contributed by atoms with Gasteiger partial charge in [-0.25, -0.2) is 9.97 Å². The number of hydrogen-bond acceptors (Lipinski definition) is 5. The predicted octanol–water partition coefficient (Wildman–Crippen LogP) is 1.00. The molecule has 5 heteroatoms. The molecule has 16 heavy (non-hydrogen) atoms. The molecule has 0 fully saturated rings. The van der Waals surface area contributed by atoms with Gasteiger partial charge in [0.2, 0.25) is 0 Å². The molecule has 1 heterocycles. The average molecular weight is 223 g/mol. The number of aryl methyl sites for hydroxylation is 1. The van der Waals surface area contributed by atoms with E-state index in [2.05, 4.69) is 27.1 Å². The summed E-state index contributed by atoms with van der Waals surface area (Å²) in [6.45, 7) is 6.37. The molecular weight excluding hydrogens is 202 g/mol. The second-order valence-electron chi connectivity index (χ2n) is 3.80. The van der Waals surface area contributed by atoms with Crippen molar-refractivity contribution >= 4 is 11.6 Å². The Morgan fingerprint density at radius 2 is 2.19 bits per heavy atom. The Morgan fingerprint density at radius 3 is 2.81 bits per heavy atom. The minimum absolute atomic E-state index is 0.600. The molecule has 1 rings (SSSR count). The lowest BCUT2D eigenvalue weighted by molar-refractivity contribution is 0.828. The number of rotatable bonds is 6. The first-order valence-electron chi connectivity index (χ1n) is 5.68. The van der Waals surface area contributed by atoms with Crippen molar-refractivity contribution in [1.82, 2.24) is 9.97 Å². The Hall–Kier alpha value is -1.36. The standard InChI is InChI=1S/C11H21N5/c1-4-7-16(3)11-8-10(13-6-5-12)14-9(2)15-11/h8H,4-7,12H2,1-3H3,(H,13,14,15). The van der Waals surface area contributed by atoms with Crippen LogP contribution in [0, 0.1) is 6.92 Å². The molecule has 0 aliphatic rings. The lowest BCUT2D eigenvalue weighted by Crippen LogP contribution is -2.20. The van der Waals surface area contributed by atoms with Crippen LogP contribution in [0.25, 0.3) is 0 Å². The summed E-state index contributed by atoms with van der Waals surface area (Å²) in [5, 5.41) is 3.17. The first-order valence-corrected chi connectivity index (χ1v) is 5.68. The van der Waals surface area contributed by atoms with Gasteiger partial charge in [-0.2, -0.15) is 0 Å². The third-order valence-corrected chi connectivity index (χ3v) is 2.22. The zero-order valence-corrected chi connectivity index (χ0v) is 10.3. The van der Waals surface area contributed by atoms with E-state index < -0.39 is 0 Å². The average Bonchev–Trinajstić information content (AvgIpc) is 2.26. The highest BCUT2D eigenvalue weighted by atomic mass is 15.2. The van der Waals surface area contributed by atoms with Crippen LogP contribution in [-0.4, -0.2) is 36.6 Å². The van der Waals surface area contributed by atoms with Gasteiger partial charge in [-0.1, -0.05) is 6.92 Å². The summed E-state index contributed by atoms with van der Waals surface area (Å²) in [5.74, 6) is 2.57. The maximum atomic E-state index is 5.44. The molecule has 0 atom stereocenters. The molecule has 0 bridgehead atoms. The van der Waals surface area contributed by atoms with E-state index in [1.165, 1.54) is 0 Å². The Balaban J connectivity index is 2.80. The summed E-state index contributed by atoms with van der Waals surface area (Å²) in [7, 11) is 2.04. The third kappa shape index (κ3) is 3.66. The summed E-state index contributed by atoms with van der Waals surface area (Å²) in [4.78, 5) is 10.8. The lowest BCUT2D eigenvalue weighted by atomic mass is 10.4. The highest BCUT2D eigenvalue weighted by Gasteiger charge is 2.05. The van der Waals surface area contributed by atoms with E-state index in [4.69, 9.17) is 5.73 Å². The fraction of sp³-hybridized carbons (Fsp3) is 0.636. The Kier molecular flexibility index (Phi) is 4.98. The number of aromatic nitrogens is 2. The van der Waals surface area contributed by atoms with Gasteiger partial charge in [-0.15, -0.1) is 0 Å². The van der Waals surface area contributed by atoms with Crippen LogP contribution in [0.1, 0.15) is 19.2 Å². The van der Waals surface area contributed by atoms with E-state index >= 15 is 0 Å². The Labute approximate surface area is 97.1 Å². The first kappa shape index (κ1) is 12.7. The maximum absolute atomic E-state index is 5.44. The van der Waals surface area contributed by atoms with Crippen molar-refractivity contribution in [2.45, 2.75) is 20.3 Å². The van der Waals surface area contributed by atoms with Crippen molar-refractivity contribution in [3.05, 3.63) is 11.9 Å². The van der Waals surface area contributed by atoms with Crippen molar-refractivity contribution in [2.75, 3.05) is 36.9 Å². The summed E-state index contributed by atoms with van der Waals surface area (Å²) in [6, 6.07) is 1.96. The van der Waals surface area contributed by atoms with E-state index in [0.29, 0.717) is 6.54 Å². The van der Waals surface area contributed by atoms with E-state index in [-0.39, 0.29) is 0 Å². The van der Waals surface area contributed by atoms with Crippen LogP contribution in [0.15, 0.2) is 6.07 Å². The highest BCUT2D eigenvalue weighted by Crippen LogP contribution is 2.14. The molecule has 1 aromatic heterocycles. The summed E-state index contributed by atoms with van der Waals surface area (Å²) < 4.78 is 0. The van der Waals surface area contributed by atoms with Crippen LogP contribution in [0.3, 0.4) is 0 Å². The van der Waals surface area contributed by atoms with Crippen LogP contribution in [-0.2, 0) is 0 Å². The van der Waals surface area contributed by atoms with Crippen molar-refractivity contribution in [3.8, 4) is 0 Å². The second kappa shape index (κ2) is 6.27. The van der Waals surface area contributed by atoms with Gasteiger partial charge in [0.25, 0.3) is 0 Å². The molecule has 0 radical (unpaired) electrons. The molecule has 0 aromatic carbocycles. The summed E-state index contributed by atoms with van der Waals surface area (Å²) in [6.07, 6.45) is 1.10. The summed E-state index contributed by atoms with van der Waals surface area (Å²) >= 11 is 0. The molecule has 0 aliphatic carbocycles. The fourth-order valence-electron chi connectivity index (χ4n) is 1.49. The van der Waals surface area contributed by atoms with Crippen molar-refractivity contribution in [2.24, 2.45) is 5.73 Å². The van der Waals surface area contributed by atoms with Gasteiger partial charge in [0.1, 0.15) is 17.5 Å². The topological polar surface area (TPSA) is 67.1 Å². The van der Waals surface area contributed by atoms with E-state index in [9.17, 15) is 0 Å². The van der Waals surface area contributed by atoms with Crippen LogP contribution < -0.4 is 16.0 Å². The molecule has 5 nitrogen and oxygen atoms in total. The minimum Gasteiger partial charge on any atom is -0.369 e. The van der Waals surface area contributed by atoms with E-state index in [0.717, 1.165) is 37.0 Å². The number of nitrogens with zero attached hydrogens (tertiary/aromatic N) is 3. The second-order valence-corrected chi connectivity index (χ2v) is 3.80. The van der Waals surface area contributed by atoms with Gasteiger partial charge >= 0.3 is 0 Å². The fourth-order valence-corrected chi connectivity index (χ4v) is 1.49. The van der Waals surface area contributed by atoms with Gasteiger partial charge in [0.05, 0.1) is 0 Å². The largest absolute Gasteiger partial charge is 0.369 e. The van der Waals surface area contributed by atoms with Crippen LogP contribution in [0.2, 0.25) is 0 Å². The molecule has 0 saturated heterocycles. The minimum atomic E-state index is 0.600. The van der Waals surface area contributed by atoms with E-state index in [1.54, 1.807) is 0 Å². The normalized spacial score (nSPS) is 10.2. The Bertz CT molecular complexity index is 326. The van der Waals surface area contributed by atoms with Gasteiger partial charge in [-0.05, 0) is 13.3 Å². The predicted molar refractivity (Wildman–Crippen MR) is 67.9 cm³/mol. The summed E-state index contributed by atoms with van der Waals surface area (Å²) in [5.41, 5.74) is 5.44. The number of nitrogens with two attached hydrogens (primary N) is 1. The van der Waals surface area contributed by atoms with Gasteiger partial charge in [0, 0.05) is 32.7 Å². The zero-order chi connectivity index (χ0) is 12.0. The molecule has 0 saturated carbocycles. The van der Waals surface area contributed by atoms with E-state index in [1.807, 2.05) is 20.0 Å². The van der Waals surface area contributed by atoms with Crippen molar-refractivity contribution < 1.29 is 0 Å². The maximum Gasteiger partial charge on any atom is 0.134 e. The zero-order valence-electron chi connectivity index (χ0n) is 10.3. The number of anilines is 2. The first-order chi connectivity index (χ1) is 7.67. The van der Waals surface area contributed by atoms with Crippen molar-refractivity contribution in [1.29, 1.82) is 0 Å². The van der Waals surface area contributed by atoms with Crippen LogP contribution >= 0.6 is 0 Å². The lowest BCUT2D eigenvalue weighted by Gasteiger charge is -2.18. The smallest absolute Gasteiger partial charge is 0.134 e. The molecule has 1 aromatic rings. The number of hydrogen-bond donors (Lipinski definition) is 2. The van der Waals surface area contributed by atoms with Gasteiger partial charge < -0.3 is 16.0 Å². The molecule has 0 aliphatic heterocycles. The highest BCUT2D eigenvalue weighted by molar-refractivity contribution is 5.48. The molecule has 0 unspecified atom stereocenters. The quantitative estimate of drug-likeness (QED) is 0.753. The number of nitrogens with one attached hydrogen (secondary N) is 1. The SMILES string of the molecule is CCCN(C)c1cc(NCCN)nc(C)n1. The molecule has 3 N–H and O–H groups in total. The molecule has 0 spiro atoms. The molecule has 90 valence electrons. The molecular formula is C11H21N5. The van der Waals surface area contributed by atoms with Crippen molar-refractivity contribution in [3.63, 3.8) is 0 Å². The third-order valence-electron chi connectivity index (χ3n) is 2.22.